The lowest BCUT2D eigenvalue weighted by atomic mass is 10.3. The average Bonchev–Trinajstić information content (AvgIpc) is 2.41. The highest BCUT2D eigenvalue weighted by atomic mass is 16.4. The van der Waals surface area contributed by atoms with E-state index in [1.54, 1.807) is 12.5 Å². The van der Waals surface area contributed by atoms with Crippen LogP contribution in [0.1, 0.15) is 19.8 Å². The second-order valence-corrected chi connectivity index (χ2v) is 2.12. The first-order valence-electron chi connectivity index (χ1n) is 3.57. The van der Waals surface area contributed by atoms with Gasteiger partial charge < -0.3 is 9.73 Å². The van der Waals surface area contributed by atoms with Crippen LogP contribution in [0.2, 0.25) is 0 Å². The molecule has 10 heavy (non-hydrogen) atoms. The van der Waals surface area contributed by atoms with Crippen LogP contribution in [0.15, 0.2) is 16.9 Å². The number of unbranched alkanes of at least 4 members (excludes halogenated alkanes) is 1. The first-order valence-corrected chi connectivity index (χ1v) is 3.57. The van der Waals surface area contributed by atoms with Gasteiger partial charge in [0.05, 0.1) is 6.20 Å². The fourth-order valence-electron chi connectivity index (χ4n) is 0.683. The summed E-state index contributed by atoms with van der Waals surface area (Å²) in [6.45, 7) is 3.09. The maximum atomic E-state index is 4.96. The van der Waals surface area contributed by atoms with E-state index >= 15 is 0 Å². The highest BCUT2D eigenvalue weighted by molar-refractivity contribution is 5.16. The Bertz CT molecular complexity index is 160. The Morgan fingerprint density at radius 1 is 1.70 bits per heavy atom. The molecule has 0 aliphatic rings. The molecule has 0 aliphatic carbocycles. The van der Waals surface area contributed by atoms with Crippen LogP contribution in [0.4, 0.5) is 6.01 Å². The molecular weight excluding hydrogens is 128 g/mol. The van der Waals surface area contributed by atoms with Crippen molar-refractivity contribution in [3.8, 4) is 0 Å². The molecule has 3 nitrogen and oxygen atoms in total. The van der Waals surface area contributed by atoms with Gasteiger partial charge in [-0.2, -0.15) is 0 Å². The summed E-state index contributed by atoms with van der Waals surface area (Å²) in [6, 6.07) is 0.619. The molecule has 1 heterocycles. The van der Waals surface area contributed by atoms with Gasteiger partial charge in [0, 0.05) is 6.54 Å². The maximum absolute atomic E-state index is 4.96. The van der Waals surface area contributed by atoms with Crippen molar-refractivity contribution in [2.24, 2.45) is 0 Å². The molecule has 1 aromatic rings. The number of anilines is 1. The SMILES string of the molecule is CCCCNc1ncco1. The van der Waals surface area contributed by atoms with Crippen molar-refractivity contribution in [2.45, 2.75) is 19.8 Å². The van der Waals surface area contributed by atoms with Crippen molar-refractivity contribution in [3.05, 3.63) is 12.5 Å². The Labute approximate surface area is 60.5 Å². The lowest BCUT2D eigenvalue weighted by Crippen LogP contribution is -2.00. The molecule has 56 valence electrons. The molecule has 0 aliphatic heterocycles. The van der Waals surface area contributed by atoms with E-state index in [1.165, 1.54) is 6.42 Å². The minimum Gasteiger partial charge on any atom is -0.432 e. The molecule has 0 spiro atoms. The number of oxazole rings is 1. The lowest BCUT2D eigenvalue weighted by molar-refractivity contribution is 0.569. The minimum absolute atomic E-state index is 0.619. The summed E-state index contributed by atoms with van der Waals surface area (Å²) < 4.78 is 4.96. The zero-order chi connectivity index (χ0) is 7.23. The predicted octanol–water partition coefficient (Wildman–Crippen LogP) is 1.89. The van der Waals surface area contributed by atoms with Gasteiger partial charge in [0.15, 0.2) is 0 Å². The van der Waals surface area contributed by atoms with Gasteiger partial charge in [0.2, 0.25) is 0 Å². The van der Waals surface area contributed by atoms with Crippen LogP contribution in [0.25, 0.3) is 0 Å². The Morgan fingerprint density at radius 3 is 3.20 bits per heavy atom. The number of hydrogen-bond donors (Lipinski definition) is 1. The van der Waals surface area contributed by atoms with Crippen LogP contribution in [0.5, 0.6) is 0 Å². The molecule has 0 atom stereocenters. The smallest absolute Gasteiger partial charge is 0.294 e. The molecule has 0 fully saturated rings. The molecule has 1 aromatic heterocycles. The normalized spacial score (nSPS) is 9.70. The third-order valence-electron chi connectivity index (χ3n) is 1.24. The number of nitrogens with zero attached hydrogens (tertiary/aromatic N) is 1. The number of rotatable bonds is 4. The summed E-state index contributed by atoms with van der Waals surface area (Å²) in [5, 5.41) is 3.05. The van der Waals surface area contributed by atoms with Crippen molar-refractivity contribution >= 4 is 6.01 Å². The van der Waals surface area contributed by atoms with E-state index in [4.69, 9.17) is 4.42 Å². The van der Waals surface area contributed by atoms with Gasteiger partial charge in [0.1, 0.15) is 6.26 Å². The average molecular weight is 140 g/mol. The van der Waals surface area contributed by atoms with E-state index in [0.29, 0.717) is 6.01 Å². The summed E-state index contributed by atoms with van der Waals surface area (Å²) in [5.74, 6) is 0. The molecule has 0 saturated heterocycles. The third kappa shape index (κ3) is 2.09. The Balaban J connectivity index is 2.15. The van der Waals surface area contributed by atoms with Crippen molar-refractivity contribution in [1.29, 1.82) is 0 Å². The Kier molecular flexibility index (Phi) is 2.80. The van der Waals surface area contributed by atoms with Gasteiger partial charge in [-0.1, -0.05) is 13.3 Å². The minimum atomic E-state index is 0.619. The molecule has 3 heteroatoms. The fourth-order valence-corrected chi connectivity index (χ4v) is 0.683. The van der Waals surface area contributed by atoms with Crippen LogP contribution >= 0.6 is 0 Å². The summed E-state index contributed by atoms with van der Waals surface area (Å²) in [4.78, 5) is 3.91. The Hall–Kier alpha value is -0.990. The summed E-state index contributed by atoms with van der Waals surface area (Å²) >= 11 is 0. The number of aromatic nitrogens is 1. The van der Waals surface area contributed by atoms with Crippen LogP contribution < -0.4 is 5.32 Å². The highest BCUT2D eigenvalue weighted by Gasteiger charge is 1.91. The topological polar surface area (TPSA) is 38.1 Å². The lowest BCUT2D eigenvalue weighted by Gasteiger charge is -1.96. The van der Waals surface area contributed by atoms with Crippen molar-refractivity contribution in [1.82, 2.24) is 4.98 Å². The molecule has 1 rings (SSSR count). The van der Waals surface area contributed by atoms with E-state index in [-0.39, 0.29) is 0 Å². The van der Waals surface area contributed by atoms with Gasteiger partial charge in [-0.05, 0) is 6.42 Å². The standard InChI is InChI=1S/C7H12N2O/c1-2-3-4-8-7-9-5-6-10-7/h5-6H,2-4H2,1H3,(H,8,9). The zero-order valence-corrected chi connectivity index (χ0v) is 6.13. The molecular formula is C7H12N2O. The molecule has 1 N–H and O–H groups in total. The summed E-state index contributed by atoms with van der Waals surface area (Å²) in [7, 11) is 0. The Morgan fingerprint density at radius 2 is 2.60 bits per heavy atom. The van der Waals surface area contributed by atoms with Crippen molar-refractivity contribution < 1.29 is 4.42 Å². The van der Waals surface area contributed by atoms with Crippen LogP contribution in [-0.4, -0.2) is 11.5 Å². The second-order valence-electron chi connectivity index (χ2n) is 2.12. The second kappa shape index (κ2) is 3.93. The van der Waals surface area contributed by atoms with Crippen molar-refractivity contribution in [2.75, 3.05) is 11.9 Å². The van der Waals surface area contributed by atoms with Gasteiger partial charge in [-0.3, -0.25) is 0 Å². The molecule has 0 bridgehead atoms. The molecule has 0 radical (unpaired) electrons. The van der Waals surface area contributed by atoms with E-state index in [1.807, 2.05) is 0 Å². The maximum Gasteiger partial charge on any atom is 0.294 e. The quantitative estimate of drug-likeness (QED) is 0.649. The van der Waals surface area contributed by atoms with Gasteiger partial charge in [-0.15, -0.1) is 0 Å². The van der Waals surface area contributed by atoms with Gasteiger partial charge in [0.25, 0.3) is 6.01 Å². The van der Waals surface area contributed by atoms with E-state index in [9.17, 15) is 0 Å². The highest BCUT2D eigenvalue weighted by Crippen LogP contribution is 2.00. The van der Waals surface area contributed by atoms with E-state index in [0.717, 1.165) is 13.0 Å². The number of hydrogen-bond acceptors (Lipinski definition) is 3. The van der Waals surface area contributed by atoms with Gasteiger partial charge >= 0.3 is 0 Å². The molecule has 0 unspecified atom stereocenters. The summed E-state index contributed by atoms with van der Waals surface area (Å²) in [6.07, 6.45) is 5.54. The van der Waals surface area contributed by atoms with Gasteiger partial charge in [-0.25, -0.2) is 4.98 Å². The largest absolute Gasteiger partial charge is 0.432 e. The fraction of sp³-hybridized carbons (Fsp3) is 0.571. The van der Waals surface area contributed by atoms with E-state index in [2.05, 4.69) is 17.2 Å². The first kappa shape index (κ1) is 7.12. The first-order chi connectivity index (χ1) is 4.93. The van der Waals surface area contributed by atoms with Crippen LogP contribution in [0.3, 0.4) is 0 Å². The molecule has 0 amide bonds. The van der Waals surface area contributed by atoms with Crippen LogP contribution in [-0.2, 0) is 0 Å². The number of nitrogens with one attached hydrogen (secondary N) is 1. The van der Waals surface area contributed by atoms with E-state index < -0.39 is 0 Å². The van der Waals surface area contributed by atoms with Crippen molar-refractivity contribution in [3.63, 3.8) is 0 Å². The summed E-state index contributed by atoms with van der Waals surface area (Å²) in [5.41, 5.74) is 0. The molecule has 0 saturated carbocycles. The predicted molar refractivity (Wildman–Crippen MR) is 39.9 cm³/mol. The van der Waals surface area contributed by atoms with Crippen LogP contribution in [0, 0.1) is 0 Å². The zero-order valence-electron chi connectivity index (χ0n) is 6.13. The third-order valence-corrected chi connectivity index (χ3v) is 1.24. The monoisotopic (exact) mass is 140 g/mol. The molecule has 0 aromatic carbocycles.